The first-order valence-corrected chi connectivity index (χ1v) is 9.79. The second kappa shape index (κ2) is 13.0. The average molecular weight is 363 g/mol. The average Bonchev–Trinajstić information content (AvgIpc) is 2.93. The lowest BCUT2D eigenvalue weighted by atomic mass is 10.1. The van der Waals surface area contributed by atoms with Crippen molar-refractivity contribution in [3.63, 3.8) is 0 Å². The third-order valence-corrected chi connectivity index (χ3v) is 4.78. The molecule has 1 heterocycles. The van der Waals surface area contributed by atoms with Gasteiger partial charge in [-0.25, -0.2) is 0 Å². The minimum atomic E-state index is -1.07. The van der Waals surface area contributed by atoms with Crippen molar-refractivity contribution in [2.75, 3.05) is 13.2 Å². The van der Waals surface area contributed by atoms with Crippen molar-refractivity contribution < 1.29 is 24.8 Å². The van der Waals surface area contributed by atoms with E-state index in [1.807, 2.05) is 0 Å². The molecule has 0 radical (unpaired) electrons. The highest BCUT2D eigenvalue weighted by atomic mass is 32.1. The van der Waals surface area contributed by atoms with Crippen LogP contribution in [0.25, 0.3) is 0 Å². The molecule has 1 aliphatic rings. The minimum absolute atomic E-state index is 0.0903. The lowest BCUT2D eigenvalue weighted by molar-refractivity contribution is -0.0642. The summed E-state index contributed by atoms with van der Waals surface area (Å²) in [5, 5.41) is 29.1. The van der Waals surface area contributed by atoms with Crippen molar-refractivity contribution in [3.05, 3.63) is 0 Å². The molecule has 142 valence electrons. The fourth-order valence-corrected chi connectivity index (χ4v) is 3.24. The number of aliphatic hydroxyl groups is 3. The van der Waals surface area contributed by atoms with Gasteiger partial charge in [0.2, 0.25) is 0 Å². The van der Waals surface area contributed by atoms with E-state index >= 15 is 0 Å². The molecule has 0 aromatic carbocycles. The lowest BCUT2D eigenvalue weighted by Crippen LogP contribution is -2.43. The van der Waals surface area contributed by atoms with Gasteiger partial charge < -0.3 is 24.8 Å². The summed E-state index contributed by atoms with van der Waals surface area (Å²) in [4.78, 5) is 0. The molecular weight excluding hydrogens is 328 g/mol. The summed E-state index contributed by atoms with van der Waals surface area (Å²) in [6, 6.07) is 0. The first kappa shape index (κ1) is 21.8. The number of hydrogen-bond acceptors (Lipinski definition) is 6. The highest BCUT2D eigenvalue weighted by Crippen LogP contribution is 2.22. The molecule has 0 spiro atoms. The fraction of sp³-hybridized carbons (Fsp3) is 0.944. The molecule has 1 fully saturated rings. The molecule has 0 amide bonds. The van der Waals surface area contributed by atoms with Gasteiger partial charge in [0, 0.05) is 6.42 Å². The SMILES string of the molecule is CCCCCCCCCCCC(=S)O[C@H]1[C@@H]([C@@H](O)CO)OC[C@H]1O. The third kappa shape index (κ3) is 8.21. The maximum Gasteiger partial charge on any atom is 0.160 e. The van der Waals surface area contributed by atoms with E-state index in [0.717, 1.165) is 12.8 Å². The molecule has 6 heteroatoms. The van der Waals surface area contributed by atoms with Gasteiger partial charge in [-0.2, -0.15) is 0 Å². The van der Waals surface area contributed by atoms with Crippen LogP contribution in [0.3, 0.4) is 0 Å². The van der Waals surface area contributed by atoms with E-state index in [9.17, 15) is 10.2 Å². The lowest BCUT2D eigenvalue weighted by Gasteiger charge is -2.24. The van der Waals surface area contributed by atoms with Gasteiger partial charge in [-0.15, -0.1) is 0 Å². The summed E-state index contributed by atoms with van der Waals surface area (Å²) in [6.45, 7) is 1.89. The number of aliphatic hydroxyl groups excluding tert-OH is 3. The quantitative estimate of drug-likeness (QED) is 0.345. The molecule has 24 heavy (non-hydrogen) atoms. The summed E-state index contributed by atoms with van der Waals surface area (Å²) in [5.41, 5.74) is 0. The van der Waals surface area contributed by atoms with Gasteiger partial charge in [-0.05, 0) is 18.6 Å². The predicted octanol–water partition coefficient (Wildman–Crippen LogP) is 2.73. The Morgan fingerprint density at radius 3 is 2.29 bits per heavy atom. The number of ether oxygens (including phenoxy) is 2. The summed E-state index contributed by atoms with van der Waals surface area (Å²) in [7, 11) is 0. The van der Waals surface area contributed by atoms with Gasteiger partial charge in [-0.3, -0.25) is 0 Å². The zero-order valence-corrected chi connectivity index (χ0v) is 15.7. The summed E-state index contributed by atoms with van der Waals surface area (Å²) in [6.07, 6.45) is 8.59. The van der Waals surface area contributed by atoms with E-state index in [-0.39, 0.29) is 6.61 Å². The second-order valence-corrected chi connectivity index (χ2v) is 7.10. The summed E-state index contributed by atoms with van der Waals surface area (Å²) in [5.74, 6) is 0. The minimum Gasteiger partial charge on any atom is -0.478 e. The molecule has 0 aromatic heterocycles. The van der Waals surface area contributed by atoms with Crippen LogP contribution in [0.2, 0.25) is 0 Å². The van der Waals surface area contributed by atoms with Crippen molar-refractivity contribution in [3.8, 4) is 0 Å². The highest BCUT2D eigenvalue weighted by Gasteiger charge is 2.42. The zero-order valence-electron chi connectivity index (χ0n) is 14.9. The van der Waals surface area contributed by atoms with Crippen LogP contribution in [0, 0.1) is 0 Å². The highest BCUT2D eigenvalue weighted by molar-refractivity contribution is 7.80. The Hall–Kier alpha value is -0.270. The largest absolute Gasteiger partial charge is 0.478 e. The fourth-order valence-electron chi connectivity index (χ4n) is 2.99. The van der Waals surface area contributed by atoms with Crippen LogP contribution >= 0.6 is 12.2 Å². The standard InChI is InChI=1S/C18H34O5S/c1-2-3-4-5-6-7-8-9-10-11-16(24)23-18-15(21)13-22-17(18)14(20)12-19/h14-15,17-21H,2-13H2,1H3/t14-,15+,17+,18+/m0/s1. The Morgan fingerprint density at radius 1 is 1.12 bits per heavy atom. The number of hydrogen-bond donors (Lipinski definition) is 3. The molecule has 0 aliphatic carbocycles. The number of unbranched alkanes of at least 4 members (excludes halogenated alkanes) is 8. The zero-order chi connectivity index (χ0) is 17.8. The van der Waals surface area contributed by atoms with Gasteiger partial charge in [0.25, 0.3) is 0 Å². The first-order chi connectivity index (χ1) is 11.6. The third-order valence-electron chi connectivity index (χ3n) is 4.48. The monoisotopic (exact) mass is 362 g/mol. The van der Waals surface area contributed by atoms with Crippen molar-refractivity contribution >= 4 is 17.3 Å². The second-order valence-electron chi connectivity index (χ2n) is 6.65. The van der Waals surface area contributed by atoms with Crippen molar-refractivity contribution in [1.82, 2.24) is 0 Å². The Bertz CT molecular complexity index is 339. The maximum absolute atomic E-state index is 9.88. The van der Waals surface area contributed by atoms with E-state index in [4.69, 9.17) is 26.8 Å². The molecule has 4 atom stereocenters. The Balaban J connectivity index is 2.10. The van der Waals surface area contributed by atoms with Gasteiger partial charge >= 0.3 is 0 Å². The summed E-state index contributed by atoms with van der Waals surface area (Å²) < 4.78 is 10.9. The molecule has 3 N–H and O–H groups in total. The first-order valence-electron chi connectivity index (χ1n) is 9.38. The molecule has 0 unspecified atom stereocenters. The molecule has 0 saturated carbocycles. The van der Waals surface area contributed by atoms with Crippen LogP contribution < -0.4 is 0 Å². The van der Waals surface area contributed by atoms with E-state index in [1.54, 1.807) is 0 Å². The molecule has 0 bridgehead atoms. The molecule has 1 aliphatic heterocycles. The van der Waals surface area contributed by atoms with Gasteiger partial charge in [0.15, 0.2) is 11.2 Å². The van der Waals surface area contributed by atoms with Crippen molar-refractivity contribution in [2.45, 2.75) is 95.5 Å². The van der Waals surface area contributed by atoms with E-state index in [0.29, 0.717) is 11.5 Å². The van der Waals surface area contributed by atoms with Crippen LogP contribution in [-0.4, -0.2) is 58.0 Å². The Morgan fingerprint density at radius 2 is 1.71 bits per heavy atom. The van der Waals surface area contributed by atoms with Gasteiger partial charge in [0.1, 0.15) is 18.3 Å². The number of thiocarbonyl (C=S) groups is 1. The van der Waals surface area contributed by atoms with Crippen LogP contribution in [0.5, 0.6) is 0 Å². The molecule has 1 rings (SSSR count). The van der Waals surface area contributed by atoms with E-state index in [2.05, 4.69) is 6.92 Å². The molecule has 5 nitrogen and oxygen atoms in total. The van der Waals surface area contributed by atoms with Crippen LogP contribution in [0.15, 0.2) is 0 Å². The topological polar surface area (TPSA) is 79.2 Å². The van der Waals surface area contributed by atoms with Gasteiger partial charge in [-0.1, -0.05) is 58.3 Å². The van der Waals surface area contributed by atoms with Crippen molar-refractivity contribution in [1.29, 1.82) is 0 Å². The van der Waals surface area contributed by atoms with E-state index in [1.165, 1.54) is 44.9 Å². The normalized spacial score (nSPS) is 24.9. The Labute approximate surface area is 151 Å². The molecule has 0 aromatic rings. The van der Waals surface area contributed by atoms with Crippen LogP contribution in [0.1, 0.15) is 71.1 Å². The van der Waals surface area contributed by atoms with E-state index < -0.39 is 31.0 Å². The smallest absolute Gasteiger partial charge is 0.160 e. The maximum atomic E-state index is 9.88. The molecular formula is C18H34O5S. The van der Waals surface area contributed by atoms with Crippen LogP contribution in [0.4, 0.5) is 0 Å². The van der Waals surface area contributed by atoms with Crippen molar-refractivity contribution in [2.24, 2.45) is 0 Å². The number of rotatable bonds is 13. The summed E-state index contributed by atoms with van der Waals surface area (Å²) >= 11 is 5.23. The predicted molar refractivity (Wildman–Crippen MR) is 98.2 cm³/mol. The molecule has 1 saturated heterocycles. The van der Waals surface area contributed by atoms with Crippen LogP contribution in [-0.2, 0) is 9.47 Å². The van der Waals surface area contributed by atoms with Gasteiger partial charge in [0.05, 0.1) is 13.2 Å². The Kier molecular flexibility index (Phi) is 11.8.